The predicted molar refractivity (Wildman–Crippen MR) is 52.0 cm³/mol. The van der Waals surface area contributed by atoms with Crippen LogP contribution in [0.5, 0.6) is 0 Å². The molecule has 0 rings (SSSR count). The van der Waals surface area contributed by atoms with E-state index in [0.29, 0.717) is 4.90 Å². The van der Waals surface area contributed by atoms with Gasteiger partial charge in [-0.15, -0.1) is 0 Å². The van der Waals surface area contributed by atoms with Crippen molar-refractivity contribution in [3.05, 3.63) is 0 Å². The zero-order valence-corrected chi connectivity index (χ0v) is 9.48. The van der Waals surface area contributed by atoms with Gasteiger partial charge in [0.2, 0.25) is 5.91 Å². The van der Waals surface area contributed by atoms with Gasteiger partial charge in [0.05, 0.1) is 0 Å². The number of nitrogens with zero attached hydrogens (tertiary/aromatic N) is 1. The Hall–Kier alpha value is -0.250. The van der Waals surface area contributed by atoms with E-state index in [9.17, 15) is 18.6 Å². The number of rotatable bonds is 6. The molecular formula is C7H17NO6S. The second-order valence-electron chi connectivity index (χ2n) is 3.76. The molecule has 0 aliphatic carbocycles. The highest BCUT2D eigenvalue weighted by Crippen LogP contribution is 2.18. The summed E-state index contributed by atoms with van der Waals surface area (Å²) in [5, 5.41) is 27.7. The van der Waals surface area contributed by atoms with Crippen molar-refractivity contribution < 1.29 is 28.3 Å². The largest absolute Gasteiger partial charge is 0.381 e. The number of aliphatic hydroxyl groups excluding tert-OH is 1. The van der Waals surface area contributed by atoms with Crippen molar-refractivity contribution in [1.29, 1.82) is 0 Å². The van der Waals surface area contributed by atoms with Gasteiger partial charge in [-0.25, -0.2) is 4.90 Å². The molecule has 0 unspecified atom stereocenters. The second kappa shape index (κ2) is 5.19. The molecule has 15 heavy (non-hydrogen) atoms. The number of aliphatic hydroxyl groups is 3. The van der Waals surface area contributed by atoms with E-state index in [2.05, 4.69) is 0 Å². The first-order chi connectivity index (χ1) is 6.58. The highest BCUT2D eigenvalue weighted by atomic mass is 32.2. The van der Waals surface area contributed by atoms with E-state index in [-0.39, 0.29) is 12.3 Å². The molecule has 0 aliphatic rings. The van der Waals surface area contributed by atoms with Gasteiger partial charge in [-0.3, -0.25) is 4.55 Å². The summed E-state index contributed by atoms with van der Waals surface area (Å²) >= 11 is 0. The van der Waals surface area contributed by atoms with Crippen LogP contribution in [-0.2, 0) is 10.1 Å². The van der Waals surface area contributed by atoms with Crippen molar-refractivity contribution >= 4 is 10.1 Å². The smallest absolute Gasteiger partial charge is 0.278 e. The molecule has 0 aromatic rings. The van der Waals surface area contributed by atoms with Gasteiger partial charge in [-0.05, 0) is 5.92 Å². The average Bonchev–Trinajstić information content (AvgIpc) is 1.95. The standard InChI is InChI=1S/C7H17NO6S/c1-6(2)3-7(10,11)8(4-9)5-15(12,13)14/h6,9-11H,3-5H2,1-2H3,(H,12,13,14). The van der Waals surface area contributed by atoms with Gasteiger partial charge in [-0.2, -0.15) is 8.42 Å². The molecule has 4 N–H and O–H groups in total. The minimum absolute atomic E-state index is 0.115. The molecule has 0 aliphatic heterocycles. The summed E-state index contributed by atoms with van der Waals surface area (Å²) in [4.78, 5) is 0.447. The zero-order chi connectivity index (χ0) is 12.3. The maximum absolute atomic E-state index is 10.5. The van der Waals surface area contributed by atoms with Crippen molar-refractivity contribution in [1.82, 2.24) is 4.90 Å². The molecule has 8 heteroatoms. The van der Waals surface area contributed by atoms with Crippen molar-refractivity contribution in [2.45, 2.75) is 26.2 Å². The van der Waals surface area contributed by atoms with Crippen LogP contribution in [0.25, 0.3) is 0 Å². The van der Waals surface area contributed by atoms with E-state index in [4.69, 9.17) is 9.66 Å². The first kappa shape index (κ1) is 14.8. The molecule has 92 valence electrons. The van der Waals surface area contributed by atoms with Crippen LogP contribution in [0.3, 0.4) is 0 Å². The summed E-state index contributed by atoms with van der Waals surface area (Å²) in [5.74, 6) is -3.61. The summed E-state index contributed by atoms with van der Waals surface area (Å²) < 4.78 is 29.5. The van der Waals surface area contributed by atoms with Crippen LogP contribution < -0.4 is 0 Å². The predicted octanol–water partition coefficient (Wildman–Crippen LogP) is -1.23. The van der Waals surface area contributed by atoms with Crippen LogP contribution in [0.2, 0.25) is 0 Å². The van der Waals surface area contributed by atoms with E-state index in [0.717, 1.165) is 0 Å². The molecule has 0 atom stereocenters. The third-order valence-corrected chi connectivity index (χ3v) is 2.32. The monoisotopic (exact) mass is 243 g/mol. The summed E-state index contributed by atoms with van der Waals surface area (Å²) in [6.45, 7) is 2.51. The van der Waals surface area contributed by atoms with E-state index in [1.165, 1.54) is 0 Å². The van der Waals surface area contributed by atoms with Crippen molar-refractivity contribution in [2.24, 2.45) is 5.92 Å². The Morgan fingerprint density at radius 1 is 1.33 bits per heavy atom. The minimum atomic E-state index is -4.41. The van der Waals surface area contributed by atoms with Gasteiger partial charge in [0.1, 0.15) is 12.6 Å². The topological polar surface area (TPSA) is 118 Å². The fourth-order valence-electron chi connectivity index (χ4n) is 1.13. The molecule has 0 fully saturated rings. The molecule has 0 heterocycles. The molecule has 0 saturated carbocycles. The van der Waals surface area contributed by atoms with E-state index >= 15 is 0 Å². The summed E-state index contributed by atoms with van der Waals surface area (Å²) in [6.07, 6.45) is -0.150. The molecule has 0 bridgehead atoms. The van der Waals surface area contributed by atoms with Crippen molar-refractivity contribution in [2.75, 3.05) is 12.6 Å². The molecule has 0 saturated heterocycles. The first-order valence-electron chi connectivity index (χ1n) is 4.34. The highest BCUT2D eigenvalue weighted by Gasteiger charge is 2.34. The van der Waals surface area contributed by atoms with Crippen LogP contribution in [0.1, 0.15) is 20.3 Å². The van der Waals surface area contributed by atoms with Gasteiger partial charge in [-0.1, -0.05) is 13.8 Å². The fourth-order valence-corrected chi connectivity index (χ4v) is 1.81. The fraction of sp³-hybridized carbons (Fsp3) is 1.00. The Bertz CT molecular complexity index is 286. The molecule has 7 nitrogen and oxygen atoms in total. The first-order valence-corrected chi connectivity index (χ1v) is 5.95. The number of hydrogen-bond acceptors (Lipinski definition) is 6. The van der Waals surface area contributed by atoms with E-state index in [1.807, 2.05) is 0 Å². The lowest BCUT2D eigenvalue weighted by atomic mass is 10.1. The Morgan fingerprint density at radius 2 is 1.80 bits per heavy atom. The van der Waals surface area contributed by atoms with Gasteiger partial charge in [0, 0.05) is 6.42 Å². The summed E-state index contributed by atoms with van der Waals surface area (Å²) in [5.41, 5.74) is 0. The second-order valence-corrected chi connectivity index (χ2v) is 5.19. The van der Waals surface area contributed by atoms with Crippen LogP contribution in [0, 0.1) is 5.92 Å². The van der Waals surface area contributed by atoms with Crippen LogP contribution in [-0.4, -0.2) is 51.7 Å². The van der Waals surface area contributed by atoms with Crippen molar-refractivity contribution in [3.8, 4) is 0 Å². The lowest BCUT2D eigenvalue weighted by molar-refractivity contribution is -0.281. The van der Waals surface area contributed by atoms with Crippen molar-refractivity contribution in [3.63, 3.8) is 0 Å². The molecule has 0 spiro atoms. The third kappa shape index (κ3) is 6.03. The van der Waals surface area contributed by atoms with Crippen LogP contribution in [0.4, 0.5) is 0 Å². The molecular weight excluding hydrogens is 226 g/mol. The van der Waals surface area contributed by atoms with Gasteiger partial charge in [0.25, 0.3) is 10.1 Å². The van der Waals surface area contributed by atoms with Gasteiger partial charge >= 0.3 is 0 Å². The van der Waals surface area contributed by atoms with Gasteiger partial charge in [0.15, 0.2) is 0 Å². The Labute approximate surface area is 88.7 Å². The number of hydrogen-bond donors (Lipinski definition) is 4. The average molecular weight is 243 g/mol. The van der Waals surface area contributed by atoms with E-state index in [1.54, 1.807) is 13.8 Å². The van der Waals surface area contributed by atoms with E-state index < -0.39 is 28.6 Å². The maximum atomic E-state index is 10.5. The highest BCUT2D eigenvalue weighted by molar-refractivity contribution is 7.85. The lowest BCUT2D eigenvalue weighted by Crippen LogP contribution is -2.51. The quantitative estimate of drug-likeness (QED) is 0.340. The molecule has 0 radical (unpaired) electrons. The van der Waals surface area contributed by atoms with Crippen LogP contribution >= 0.6 is 0 Å². The molecule has 0 aromatic heterocycles. The minimum Gasteiger partial charge on any atom is -0.381 e. The maximum Gasteiger partial charge on any atom is 0.278 e. The van der Waals surface area contributed by atoms with Crippen LogP contribution in [0.15, 0.2) is 0 Å². The summed E-state index contributed by atoms with van der Waals surface area (Å²) in [7, 11) is -4.41. The Morgan fingerprint density at radius 3 is 2.07 bits per heavy atom. The Kier molecular flexibility index (Phi) is 5.10. The lowest BCUT2D eigenvalue weighted by Gasteiger charge is -2.33. The molecule has 0 aromatic carbocycles. The zero-order valence-electron chi connectivity index (χ0n) is 8.66. The SMILES string of the molecule is CC(C)CC(O)(O)N(CO)CS(=O)(=O)O. The Balaban J connectivity index is 4.65. The third-order valence-electron chi connectivity index (χ3n) is 1.68. The summed E-state index contributed by atoms with van der Waals surface area (Å²) in [6, 6.07) is 0. The normalized spacial score (nSPS) is 13.9. The van der Waals surface area contributed by atoms with Gasteiger partial charge < -0.3 is 15.3 Å². The molecule has 0 amide bonds.